The average Bonchev–Trinajstić information content (AvgIpc) is 3.37. The Labute approximate surface area is 248 Å². The van der Waals surface area contributed by atoms with Crippen LogP contribution < -0.4 is 20.5 Å². The van der Waals surface area contributed by atoms with Crippen molar-refractivity contribution in [3.63, 3.8) is 0 Å². The normalized spacial score (nSPS) is 15.1. The summed E-state index contributed by atoms with van der Waals surface area (Å²) in [6.45, 7) is 5.24. The summed E-state index contributed by atoms with van der Waals surface area (Å²) in [5.41, 5.74) is 3.21. The predicted octanol–water partition coefficient (Wildman–Crippen LogP) is 3.27. The van der Waals surface area contributed by atoms with Gasteiger partial charge in [0.25, 0.3) is 11.5 Å². The van der Waals surface area contributed by atoms with Gasteiger partial charge in [0.2, 0.25) is 16.0 Å². The first-order valence-electron chi connectivity index (χ1n) is 13.5. The number of piperidine rings is 1. The van der Waals surface area contributed by atoms with Crippen LogP contribution in [-0.2, 0) is 24.1 Å². The number of pyridine rings is 1. The lowest BCUT2D eigenvalue weighted by atomic mass is 9.94. The van der Waals surface area contributed by atoms with Crippen LogP contribution in [0.5, 0.6) is 0 Å². The minimum Gasteiger partial charge on any atom is -0.377 e. The van der Waals surface area contributed by atoms with Crippen LogP contribution >= 0.6 is 11.6 Å². The maximum atomic E-state index is 13.6. The van der Waals surface area contributed by atoms with Crippen molar-refractivity contribution < 1.29 is 13.2 Å². The number of carbonyl (C=O) groups excluding carboxylic acids is 1. The largest absolute Gasteiger partial charge is 0.377 e. The highest BCUT2D eigenvalue weighted by atomic mass is 35.5. The quantitative estimate of drug-likeness (QED) is 0.300. The van der Waals surface area contributed by atoms with E-state index in [4.69, 9.17) is 16.6 Å². The van der Waals surface area contributed by atoms with Crippen molar-refractivity contribution in [2.75, 3.05) is 29.6 Å². The zero-order valence-electron chi connectivity index (χ0n) is 24.0. The van der Waals surface area contributed by atoms with E-state index in [1.165, 1.54) is 6.07 Å². The van der Waals surface area contributed by atoms with Gasteiger partial charge in [-0.1, -0.05) is 17.7 Å². The van der Waals surface area contributed by atoms with Gasteiger partial charge in [-0.3, -0.25) is 18.8 Å². The van der Waals surface area contributed by atoms with Crippen LogP contribution in [0.25, 0.3) is 10.9 Å². The number of fused-ring (bicyclic) bond motifs is 1. The van der Waals surface area contributed by atoms with Gasteiger partial charge in [-0.25, -0.2) is 23.1 Å². The Balaban J connectivity index is 1.49. The summed E-state index contributed by atoms with van der Waals surface area (Å²) >= 11 is 6.03. The van der Waals surface area contributed by atoms with Crippen LogP contribution in [0.15, 0.2) is 41.3 Å². The van der Waals surface area contributed by atoms with Crippen LogP contribution in [0.2, 0.25) is 5.15 Å². The number of anilines is 2. The molecule has 4 heterocycles. The molecule has 0 bridgehead atoms. The highest BCUT2D eigenvalue weighted by Crippen LogP contribution is 2.32. The average molecular weight is 613 g/mol. The molecular weight excluding hydrogens is 580 g/mol. The molecule has 0 unspecified atom stereocenters. The fraction of sp³-hybridized carbons (Fsp3) is 0.393. The van der Waals surface area contributed by atoms with Crippen LogP contribution in [0.3, 0.4) is 0 Å². The number of halogens is 1. The lowest BCUT2D eigenvalue weighted by molar-refractivity contribution is 0.0977. The summed E-state index contributed by atoms with van der Waals surface area (Å²) in [4.78, 5) is 37.5. The summed E-state index contributed by atoms with van der Waals surface area (Å²) in [5.74, 6) is 0.0299. The molecule has 1 saturated heterocycles. The Morgan fingerprint density at radius 3 is 2.48 bits per heavy atom. The van der Waals surface area contributed by atoms with E-state index >= 15 is 0 Å². The van der Waals surface area contributed by atoms with Gasteiger partial charge in [0.05, 0.1) is 34.6 Å². The number of rotatable bonds is 7. The Morgan fingerprint density at radius 2 is 1.83 bits per heavy atom. The molecule has 1 aliphatic heterocycles. The fourth-order valence-corrected chi connectivity index (χ4v) is 6.01. The molecule has 14 heteroatoms. The van der Waals surface area contributed by atoms with E-state index in [2.05, 4.69) is 26.4 Å². The minimum atomic E-state index is -3.83. The van der Waals surface area contributed by atoms with E-state index in [1.54, 1.807) is 17.7 Å². The molecule has 1 fully saturated rings. The molecule has 4 aromatic rings. The number of aryl methyl sites for hydroxylation is 2. The highest BCUT2D eigenvalue weighted by Gasteiger charge is 2.26. The summed E-state index contributed by atoms with van der Waals surface area (Å²) in [7, 11) is -0.171. The SMILES string of the molecule is Cc1cc([C@@H](C)Nc2ccc(Cl)nc2C(=O)NS(C)(=O)=O)c2nc(N3CCC(c4ccn(C)n4)CC3)n(C)c(=O)c2c1. The molecule has 12 nitrogen and oxygen atoms in total. The van der Waals surface area contributed by atoms with E-state index in [9.17, 15) is 18.0 Å². The molecule has 1 atom stereocenters. The van der Waals surface area contributed by atoms with Crippen molar-refractivity contribution in [3.05, 3.63) is 74.6 Å². The molecule has 42 heavy (non-hydrogen) atoms. The number of amides is 1. The molecule has 2 N–H and O–H groups in total. The number of hydrogen-bond donors (Lipinski definition) is 2. The molecule has 0 aliphatic carbocycles. The third-order valence-electron chi connectivity index (χ3n) is 7.45. The second kappa shape index (κ2) is 11.4. The smallest absolute Gasteiger partial charge is 0.285 e. The molecule has 222 valence electrons. The van der Waals surface area contributed by atoms with Gasteiger partial charge in [0.15, 0.2) is 5.69 Å². The molecule has 0 radical (unpaired) electrons. The standard InChI is InChI=1S/C28H33ClN8O4S/c1-16-14-19(17(2)30-22-6-7-23(29)31-25(22)26(38)34-42(5,40)41)24-20(15-16)27(39)36(4)28(32-24)37-12-8-18(9-13-37)21-10-11-35(3)33-21/h6-7,10-11,14-15,17-18,30H,8-9,12-13H2,1-5H3,(H,34,38)/t17-/m1/s1. The molecule has 3 aromatic heterocycles. The van der Waals surface area contributed by atoms with Crippen molar-refractivity contribution in [1.29, 1.82) is 0 Å². The first kappa shape index (κ1) is 29.5. The van der Waals surface area contributed by atoms with Gasteiger partial charge in [-0.05, 0) is 56.5 Å². The first-order chi connectivity index (χ1) is 19.8. The third kappa shape index (κ3) is 6.12. The molecule has 5 rings (SSSR count). The van der Waals surface area contributed by atoms with Gasteiger partial charge < -0.3 is 10.2 Å². The lowest BCUT2D eigenvalue weighted by Gasteiger charge is -2.33. The van der Waals surface area contributed by atoms with Crippen LogP contribution in [0, 0.1) is 6.92 Å². The van der Waals surface area contributed by atoms with Crippen LogP contribution in [0.4, 0.5) is 11.6 Å². The Hall–Kier alpha value is -3.97. The van der Waals surface area contributed by atoms with Crippen LogP contribution in [-0.4, -0.2) is 58.0 Å². The van der Waals surface area contributed by atoms with Gasteiger partial charge >= 0.3 is 0 Å². The summed E-state index contributed by atoms with van der Waals surface area (Å²) < 4.78 is 28.7. The second-order valence-corrected chi connectivity index (χ2v) is 12.9. The first-order valence-corrected chi connectivity index (χ1v) is 15.8. The van der Waals surface area contributed by atoms with Crippen LogP contribution in [0.1, 0.15) is 59.0 Å². The van der Waals surface area contributed by atoms with Crippen molar-refractivity contribution in [3.8, 4) is 0 Å². The van der Waals surface area contributed by atoms with Crippen molar-refractivity contribution in [2.45, 2.75) is 38.6 Å². The molecule has 0 saturated carbocycles. The maximum absolute atomic E-state index is 13.6. The maximum Gasteiger partial charge on any atom is 0.285 e. The number of nitrogens with zero attached hydrogens (tertiary/aromatic N) is 6. The van der Waals surface area contributed by atoms with Gasteiger partial charge in [-0.15, -0.1) is 0 Å². The summed E-state index contributed by atoms with van der Waals surface area (Å²) in [6, 6.07) is 8.45. The monoisotopic (exact) mass is 612 g/mol. The Kier molecular flexibility index (Phi) is 7.99. The Bertz CT molecular complexity index is 1840. The topological polar surface area (TPSA) is 144 Å². The number of benzene rings is 1. The van der Waals surface area contributed by atoms with E-state index in [0.29, 0.717) is 22.8 Å². The van der Waals surface area contributed by atoms with Crippen molar-refractivity contribution >= 4 is 50.1 Å². The second-order valence-electron chi connectivity index (χ2n) is 10.8. The van der Waals surface area contributed by atoms with Gasteiger partial charge in [-0.2, -0.15) is 5.10 Å². The minimum absolute atomic E-state index is 0.0366. The summed E-state index contributed by atoms with van der Waals surface area (Å²) in [6.07, 6.45) is 4.63. The van der Waals surface area contributed by atoms with E-state index in [1.807, 2.05) is 48.6 Å². The fourth-order valence-electron chi connectivity index (χ4n) is 5.43. The van der Waals surface area contributed by atoms with Gasteiger partial charge in [0, 0.05) is 44.9 Å². The van der Waals surface area contributed by atoms with Gasteiger partial charge in [0.1, 0.15) is 5.15 Å². The van der Waals surface area contributed by atoms with Crippen molar-refractivity contribution in [2.24, 2.45) is 14.1 Å². The van der Waals surface area contributed by atoms with E-state index < -0.39 is 22.0 Å². The summed E-state index contributed by atoms with van der Waals surface area (Å²) in [5, 5.41) is 8.34. The molecule has 0 spiro atoms. The van der Waals surface area contributed by atoms with Crippen molar-refractivity contribution in [1.82, 2.24) is 29.0 Å². The molecular formula is C28H33ClN8O4S. The zero-order valence-corrected chi connectivity index (χ0v) is 25.6. The molecule has 1 aliphatic rings. The lowest BCUT2D eigenvalue weighted by Crippen LogP contribution is -2.38. The molecule has 1 amide bonds. The number of nitrogens with one attached hydrogen (secondary N) is 2. The molecule has 1 aromatic carbocycles. The number of hydrogen-bond acceptors (Lipinski definition) is 9. The number of sulfonamides is 1. The number of aromatic nitrogens is 5. The predicted molar refractivity (Wildman–Crippen MR) is 163 cm³/mol. The third-order valence-corrected chi connectivity index (χ3v) is 8.22. The zero-order chi connectivity index (χ0) is 30.3. The van der Waals surface area contributed by atoms with E-state index in [-0.39, 0.29) is 22.1 Å². The highest BCUT2D eigenvalue weighted by molar-refractivity contribution is 7.89. The number of carbonyl (C=O) groups is 1. The van der Waals surface area contributed by atoms with E-state index in [0.717, 1.165) is 49.0 Å². The Morgan fingerprint density at radius 1 is 1.12 bits per heavy atom.